The van der Waals surface area contributed by atoms with Crippen LogP contribution in [0.4, 0.5) is 19.1 Å². The van der Waals surface area contributed by atoms with E-state index in [9.17, 15) is 13.2 Å². The van der Waals surface area contributed by atoms with E-state index in [-0.39, 0.29) is 12.0 Å². The first-order valence-electron chi connectivity index (χ1n) is 7.19. The summed E-state index contributed by atoms with van der Waals surface area (Å²) in [6, 6.07) is 3.72. The Morgan fingerprint density at radius 1 is 1.29 bits per heavy atom. The normalized spacial score (nSPS) is 13.8. The molecule has 2 N–H and O–H groups in total. The third kappa shape index (κ3) is 3.31. The van der Waals surface area contributed by atoms with E-state index in [1.54, 1.807) is 0 Å². The SMILES string of the molecule is CCCCCC(C)n1c(N)nc2cc(C(F)(F)F)ccc21. The van der Waals surface area contributed by atoms with Gasteiger partial charge in [0.1, 0.15) is 0 Å². The predicted molar refractivity (Wildman–Crippen MR) is 78.0 cm³/mol. The summed E-state index contributed by atoms with van der Waals surface area (Å²) < 4.78 is 40.0. The third-order valence-corrected chi connectivity index (χ3v) is 3.71. The standard InChI is InChI=1S/C15H20F3N3/c1-3-4-5-6-10(2)21-13-8-7-11(15(16,17)18)9-12(13)20-14(21)19/h7-10H,3-6H2,1-2H3,(H2,19,20). The molecule has 1 unspecified atom stereocenters. The van der Waals surface area contributed by atoms with E-state index in [2.05, 4.69) is 11.9 Å². The van der Waals surface area contributed by atoms with Crippen molar-refractivity contribution >= 4 is 17.0 Å². The number of hydrogen-bond donors (Lipinski definition) is 1. The summed E-state index contributed by atoms with van der Waals surface area (Å²) in [4.78, 5) is 4.08. The summed E-state index contributed by atoms with van der Waals surface area (Å²) in [5, 5.41) is 0. The van der Waals surface area contributed by atoms with Gasteiger partial charge < -0.3 is 10.3 Å². The number of fused-ring (bicyclic) bond motifs is 1. The van der Waals surface area contributed by atoms with Crippen LogP contribution in [0.1, 0.15) is 51.1 Å². The fraction of sp³-hybridized carbons (Fsp3) is 0.533. The summed E-state index contributed by atoms with van der Waals surface area (Å²) in [6.45, 7) is 4.15. The van der Waals surface area contributed by atoms with Crippen LogP contribution in [0.3, 0.4) is 0 Å². The monoisotopic (exact) mass is 299 g/mol. The third-order valence-electron chi connectivity index (χ3n) is 3.71. The van der Waals surface area contributed by atoms with E-state index >= 15 is 0 Å². The molecule has 0 spiro atoms. The topological polar surface area (TPSA) is 43.8 Å². The first-order valence-corrected chi connectivity index (χ1v) is 7.19. The minimum absolute atomic E-state index is 0.123. The molecule has 0 aliphatic heterocycles. The molecule has 1 heterocycles. The van der Waals surface area contributed by atoms with Crippen molar-refractivity contribution < 1.29 is 13.2 Å². The molecule has 2 rings (SSSR count). The Kier molecular flexibility index (Phi) is 4.44. The van der Waals surface area contributed by atoms with Crippen molar-refractivity contribution in [3.05, 3.63) is 23.8 Å². The van der Waals surface area contributed by atoms with Crippen LogP contribution in [-0.4, -0.2) is 9.55 Å². The van der Waals surface area contributed by atoms with Gasteiger partial charge in [-0.3, -0.25) is 0 Å². The molecule has 0 fully saturated rings. The highest BCUT2D eigenvalue weighted by molar-refractivity contribution is 5.79. The van der Waals surface area contributed by atoms with Gasteiger partial charge in [-0.25, -0.2) is 4.98 Å². The first kappa shape index (κ1) is 15.7. The molecule has 0 saturated carbocycles. The number of unbranched alkanes of at least 4 members (excludes halogenated alkanes) is 2. The molecule has 0 bridgehead atoms. The zero-order valence-electron chi connectivity index (χ0n) is 12.2. The lowest BCUT2D eigenvalue weighted by molar-refractivity contribution is -0.137. The van der Waals surface area contributed by atoms with Crippen LogP contribution >= 0.6 is 0 Å². The molecule has 3 nitrogen and oxygen atoms in total. The van der Waals surface area contributed by atoms with E-state index < -0.39 is 11.7 Å². The number of halogens is 3. The molecule has 21 heavy (non-hydrogen) atoms. The lowest BCUT2D eigenvalue weighted by atomic mass is 10.1. The number of aromatic nitrogens is 2. The van der Waals surface area contributed by atoms with E-state index in [4.69, 9.17) is 5.73 Å². The maximum absolute atomic E-state index is 12.7. The smallest absolute Gasteiger partial charge is 0.369 e. The van der Waals surface area contributed by atoms with Gasteiger partial charge in [-0.2, -0.15) is 13.2 Å². The Hall–Kier alpha value is -1.72. The van der Waals surface area contributed by atoms with Gasteiger partial charge in [0.25, 0.3) is 0 Å². The highest BCUT2D eigenvalue weighted by atomic mass is 19.4. The molecular formula is C15H20F3N3. The maximum Gasteiger partial charge on any atom is 0.416 e. The molecule has 0 saturated heterocycles. The number of alkyl halides is 3. The van der Waals surface area contributed by atoms with Gasteiger partial charge in [0.15, 0.2) is 0 Å². The Morgan fingerprint density at radius 3 is 2.62 bits per heavy atom. The molecule has 0 aliphatic carbocycles. The van der Waals surface area contributed by atoms with Gasteiger partial charge in [-0.1, -0.05) is 26.2 Å². The quantitative estimate of drug-likeness (QED) is 0.807. The number of benzene rings is 1. The van der Waals surface area contributed by atoms with E-state index in [1.807, 2.05) is 11.5 Å². The predicted octanol–water partition coefficient (Wildman–Crippen LogP) is 4.78. The van der Waals surface area contributed by atoms with Gasteiger partial charge in [0.2, 0.25) is 5.95 Å². The van der Waals surface area contributed by atoms with E-state index in [1.165, 1.54) is 6.07 Å². The number of anilines is 1. The fourth-order valence-electron chi connectivity index (χ4n) is 2.58. The fourth-order valence-corrected chi connectivity index (χ4v) is 2.58. The zero-order valence-corrected chi connectivity index (χ0v) is 12.2. The summed E-state index contributed by atoms with van der Waals surface area (Å²) in [6.07, 6.45) is -0.0989. The van der Waals surface area contributed by atoms with Crippen LogP contribution in [0.2, 0.25) is 0 Å². The van der Waals surface area contributed by atoms with Crippen molar-refractivity contribution in [1.29, 1.82) is 0 Å². The number of nitrogen functional groups attached to an aromatic ring is 1. The molecular weight excluding hydrogens is 279 g/mol. The molecule has 2 aromatic rings. The van der Waals surface area contributed by atoms with E-state index in [0.717, 1.165) is 37.8 Å². The summed E-state index contributed by atoms with van der Waals surface area (Å²) in [5.74, 6) is 0.272. The molecule has 1 atom stereocenters. The van der Waals surface area contributed by atoms with Crippen molar-refractivity contribution in [1.82, 2.24) is 9.55 Å². The summed E-state index contributed by atoms with van der Waals surface area (Å²) in [5.41, 5.74) is 6.15. The Balaban J connectivity index is 2.35. The lowest BCUT2D eigenvalue weighted by Crippen LogP contribution is -2.09. The lowest BCUT2D eigenvalue weighted by Gasteiger charge is -2.16. The molecule has 0 amide bonds. The summed E-state index contributed by atoms with van der Waals surface area (Å²) in [7, 11) is 0. The van der Waals surface area contributed by atoms with Crippen LogP contribution in [0.5, 0.6) is 0 Å². The second-order valence-electron chi connectivity index (χ2n) is 5.39. The number of nitrogens with two attached hydrogens (primary N) is 1. The highest BCUT2D eigenvalue weighted by Gasteiger charge is 2.31. The van der Waals surface area contributed by atoms with Crippen molar-refractivity contribution in [3.63, 3.8) is 0 Å². The second-order valence-corrected chi connectivity index (χ2v) is 5.39. The van der Waals surface area contributed by atoms with Gasteiger partial charge >= 0.3 is 6.18 Å². The molecule has 0 aliphatic rings. The van der Waals surface area contributed by atoms with Crippen LogP contribution in [0, 0.1) is 0 Å². The van der Waals surface area contributed by atoms with Gasteiger partial charge in [-0.05, 0) is 31.5 Å². The van der Waals surface area contributed by atoms with Crippen LogP contribution in [0.15, 0.2) is 18.2 Å². The van der Waals surface area contributed by atoms with Crippen LogP contribution in [0.25, 0.3) is 11.0 Å². The average molecular weight is 299 g/mol. The Bertz CT molecular complexity index is 616. The Morgan fingerprint density at radius 2 is 2.00 bits per heavy atom. The van der Waals surface area contributed by atoms with Gasteiger partial charge in [0.05, 0.1) is 16.6 Å². The number of imidazole rings is 1. The molecule has 0 radical (unpaired) electrons. The molecule has 6 heteroatoms. The van der Waals surface area contributed by atoms with Gasteiger partial charge in [0, 0.05) is 6.04 Å². The highest BCUT2D eigenvalue weighted by Crippen LogP contribution is 2.33. The number of nitrogens with zero attached hydrogens (tertiary/aromatic N) is 2. The van der Waals surface area contributed by atoms with Gasteiger partial charge in [-0.15, -0.1) is 0 Å². The molecule has 1 aromatic heterocycles. The Labute approximate surface area is 122 Å². The second kappa shape index (κ2) is 5.95. The molecule has 1 aromatic carbocycles. The van der Waals surface area contributed by atoms with E-state index in [0.29, 0.717) is 11.0 Å². The van der Waals surface area contributed by atoms with Crippen molar-refractivity contribution in [3.8, 4) is 0 Å². The van der Waals surface area contributed by atoms with Crippen LogP contribution in [-0.2, 0) is 6.18 Å². The largest absolute Gasteiger partial charge is 0.416 e. The summed E-state index contributed by atoms with van der Waals surface area (Å²) >= 11 is 0. The van der Waals surface area contributed by atoms with Crippen molar-refractivity contribution in [2.45, 2.75) is 51.7 Å². The minimum Gasteiger partial charge on any atom is -0.369 e. The number of rotatable bonds is 5. The van der Waals surface area contributed by atoms with Crippen molar-refractivity contribution in [2.24, 2.45) is 0 Å². The average Bonchev–Trinajstić information content (AvgIpc) is 2.72. The maximum atomic E-state index is 12.7. The first-order chi connectivity index (χ1) is 9.84. The molecule has 116 valence electrons. The number of hydrogen-bond acceptors (Lipinski definition) is 2. The zero-order chi connectivity index (χ0) is 15.6. The van der Waals surface area contributed by atoms with Crippen LogP contribution < -0.4 is 5.73 Å². The van der Waals surface area contributed by atoms with Crippen molar-refractivity contribution in [2.75, 3.05) is 5.73 Å². The minimum atomic E-state index is -4.36.